The number of rotatable bonds is 3. The Balaban J connectivity index is 1.77. The summed E-state index contributed by atoms with van der Waals surface area (Å²) in [5.74, 6) is 0.691. The van der Waals surface area contributed by atoms with Crippen LogP contribution in [-0.4, -0.2) is 21.2 Å². The summed E-state index contributed by atoms with van der Waals surface area (Å²) in [6.45, 7) is 3.60. The van der Waals surface area contributed by atoms with Crippen molar-refractivity contribution in [2.75, 3.05) is 5.32 Å². The largest absolute Gasteiger partial charge is 0.506 e. The van der Waals surface area contributed by atoms with Gasteiger partial charge in [-0.2, -0.15) is 4.98 Å². The molecule has 1 aromatic heterocycles. The number of phenolic OH excluding ortho intramolecular Hbond substituents is 1. The van der Waals surface area contributed by atoms with Crippen LogP contribution in [0.15, 0.2) is 47.0 Å². The molecule has 116 valence electrons. The molecule has 23 heavy (non-hydrogen) atoms. The van der Waals surface area contributed by atoms with E-state index >= 15 is 0 Å². The second-order valence-electron chi connectivity index (χ2n) is 5.20. The van der Waals surface area contributed by atoms with Gasteiger partial charge in [-0.1, -0.05) is 11.2 Å². The predicted molar refractivity (Wildman–Crippen MR) is 85.3 cm³/mol. The van der Waals surface area contributed by atoms with Gasteiger partial charge in [0.1, 0.15) is 5.75 Å². The Morgan fingerprint density at radius 3 is 2.48 bits per heavy atom. The molecule has 0 aliphatic carbocycles. The Kier molecular flexibility index (Phi) is 3.80. The second-order valence-corrected chi connectivity index (χ2v) is 5.20. The second kappa shape index (κ2) is 5.92. The Morgan fingerprint density at radius 1 is 1.13 bits per heavy atom. The summed E-state index contributed by atoms with van der Waals surface area (Å²) >= 11 is 0. The SMILES string of the molecule is Cc1ccc(NC(=O)c2ccc(-c3nc(C)no3)cc2)c(O)c1. The van der Waals surface area contributed by atoms with Gasteiger partial charge in [-0.05, 0) is 55.8 Å². The average Bonchev–Trinajstić information content (AvgIpc) is 2.97. The Hall–Kier alpha value is -3.15. The highest BCUT2D eigenvalue weighted by atomic mass is 16.5. The molecule has 1 amide bonds. The van der Waals surface area contributed by atoms with E-state index in [0.29, 0.717) is 23.0 Å². The lowest BCUT2D eigenvalue weighted by atomic mass is 10.1. The highest BCUT2D eigenvalue weighted by Gasteiger charge is 2.11. The topological polar surface area (TPSA) is 88.3 Å². The van der Waals surface area contributed by atoms with Crippen molar-refractivity contribution >= 4 is 11.6 Å². The Bertz CT molecular complexity index is 854. The first kappa shape index (κ1) is 14.8. The molecule has 0 bridgehead atoms. The van der Waals surface area contributed by atoms with Gasteiger partial charge in [0.05, 0.1) is 5.69 Å². The van der Waals surface area contributed by atoms with E-state index in [1.807, 2.05) is 13.0 Å². The summed E-state index contributed by atoms with van der Waals surface area (Å²) in [5, 5.41) is 16.2. The van der Waals surface area contributed by atoms with Gasteiger partial charge in [0.15, 0.2) is 5.82 Å². The highest BCUT2D eigenvalue weighted by Crippen LogP contribution is 2.25. The van der Waals surface area contributed by atoms with Gasteiger partial charge >= 0.3 is 0 Å². The number of carbonyl (C=O) groups is 1. The van der Waals surface area contributed by atoms with E-state index in [-0.39, 0.29) is 11.7 Å². The molecule has 6 heteroatoms. The van der Waals surface area contributed by atoms with Crippen LogP contribution >= 0.6 is 0 Å². The van der Waals surface area contributed by atoms with Crippen LogP contribution in [0, 0.1) is 13.8 Å². The van der Waals surface area contributed by atoms with Crippen LogP contribution in [-0.2, 0) is 0 Å². The van der Waals surface area contributed by atoms with Crippen LogP contribution in [0.1, 0.15) is 21.7 Å². The van der Waals surface area contributed by atoms with Crippen molar-refractivity contribution in [3.8, 4) is 17.2 Å². The normalized spacial score (nSPS) is 10.5. The molecule has 2 aromatic carbocycles. The summed E-state index contributed by atoms with van der Waals surface area (Å²) in [4.78, 5) is 16.4. The third-order valence-corrected chi connectivity index (χ3v) is 3.32. The number of nitrogens with zero attached hydrogens (tertiary/aromatic N) is 2. The van der Waals surface area contributed by atoms with E-state index < -0.39 is 0 Å². The zero-order chi connectivity index (χ0) is 16.4. The van der Waals surface area contributed by atoms with Crippen molar-refractivity contribution in [2.24, 2.45) is 0 Å². The quantitative estimate of drug-likeness (QED) is 0.725. The monoisotopic (exact) mass is 309 g/mol. The van der Waals surface area contributed by atoms with Gasteiger partial charge < -0.3 is 14.9 Å². The number of nitrogens with one attached hydrogen (secondary N) is 1. The third kappa shape index (κ3) is 3.21. The van der Waals surface area contributed by atoms with Crippen LogP contribution in [0.2, 0.25) is 0 Å². The molecule has 2 N–H and O–H groups in total. The first-order valence-corrected chi connectivity index (χ1v) is 7.04. The number of hydrogen-bond acceptors (Lipinski definition) is 5. The van der Waals surface area contributed by atoms with E-state index in [2.05, 4.69) is 15.5 Å². The predicted octanol–water partition coefficient (Wildman–Crippen LogP) is 3.31. The number of phenols is 1. The van der Waals surface area contributed by atoms with Gasteiger partial charge in [-0.15, -0.1) is 0 Å². The van der Waals surface area contributed by atoms with Gasteiger partial charge in [0.25, 0.3) is 11.8 Å². The molecular formula is C17H15N3O3. The molecule has 0 unspecified atom stereocenters. The van der Waals surface area contributed by atoms with Crippen molar-refractivity contribution < 1.29 is 14.4 Å². The van der Waals surface area contributed by atoms with Crippen molar-refractivity contribution in [2.45, 2.75) is 13.8 Å². The van der Waals surface area contributed by atoms with Gasteiger partial charge in [-0.3, -0.25) is 4.79 Å². The van der Waals surface area contributed by atoms with Crippen LogP contribution in [0.4, 0.5) is 5.69 Å². The summed E-state index contributed by atoms with van der Waals surface area (Å²) in [5.41, 5.74) is 2.49. The number of benzene rings is 2. The van der Waals surface area contributed by atoms with Gasteiger partial charge in [-0.25, -0.2) is 0 Å². The number of carbonyl (C=O) groups excluding carboxylic acids is 1. The van der Waals surface area contributed by atoms with Crippen LogP contribution in [0.5, 0.6) is 5.75 Å². The van der Waals surface area contributed by atoms with Crippen molar-refractivity contribution in [3.05, 3.63) is 59.4 Å². The van der Waals surface area contributed by atoms with Crippen LogP contribution in [0.3, 0.4) is 0 Å². The minimum absolute atomic E-state index is 0.0382. The van der Waals surface area contributed by atoms with E-state index in [0.717, 1.165) is 11.1 Å². The number of anilines is 1. The number of hydrogen-bond donors (Lipinski definition) is 2. The zero-order valence-corrected chi connectivity index (χ0v) is 12.7. The Labute approximate surface area is 132 Å². The number of aryl methyl sites for hydroxylation is 2. The Morgan fingerprint density at radius 2 is 1.87 bits per heavy atom. The molecule has 0 aliphatic heterocycles. The average molecular weight is 309 g/mol. The molecule has 0 fully saturated rings. The maximum Gasteiger partial charge on any atom is 0.257 e. The lowest BCUT2D eigenvalue weighted by molar-refractivity contribution is 0.102. The first-order chi connectivity index (χ1) is 11.0. The summed E-state index contributed by atoms with van der Waals surface area (Å²) in [7, 11) is 0. The number of aromatic hydroxyl groups is 1. The molecule has 6 nitrogen and oxygen atoms in total. The first-order valence-electron chi connectivity index (χ1n) is 7.04. The minimum Gasteiger partial charge on any atom is -0.506 e. The van der Waals surface area contributed by atoms with E-state index in [1.165, 1.54) is 0 Å². The smallest absolute Gasteiger partial charge is 0.257 e. The van der Waals surface area contributed by atoms with Gasteiger partial charge in [0, 0.05) is 11.1 Å². The molecule has 1 heterocycles. The molecule has 3 rings (SSSR count). The summed E-state index contributed by atoms with van der Waals surface area (Å²) in [6.07, 6.45) is 0. The minimum atomic E-state index is -0.308. The molecule has 3 aromatic rings. The summed E-state index contributed by atoms with van der Waals surface area (Å²) in [6, 6.07) is 11.9. The lowest BCUT2D eigenvalue weighted by Gasteiger charge is -2.08. The standard InChI is InChI=1S/C17H15N3O3/c1-10-3-8-14(15(21)9-10)19-16(22)12-4-6-13(7-5-12)17-18-11(2)20-23-17/h3-9,21H,1-2H3,(H,19,22). The molecule has 0 aliphatic rings. The zero-order valence-electron chi connectivity index (χ0n) is 12.7. The maximum atomic E-state index is 12.2. The lowest BCUT2D eigenvalue weighted by Crippen LogP contribution is -2.11. The summed E-state index contributed by atoms with van der Waals surface area (Å²) < 4.78 is 5.08. The molecule has 0 saturated carbocycles. The van der Waals surface area contributed by atoms with Crippen LogP contribution in [0.25, 0.3) is 11.5 Å². The van der Waals surface area contributed by atoms with E-state index in [1.54, 1.807) is 43.3 Å². The fraction of sp³-hybridized carbons (Fsp3) is 0.118. The third-order valence-electron chi connectivity index (χ3n) is 3.32. The number of aromatic nitrogens is 2. The molecule has 0 saturated heterocycles. The fourth-order valence-electron chi connectivity index (χ4n) is 2.12. The molecule has 0 radical (unpaired) electrons. The highest BCUT2D eigenvalue weighted by molar-refractivity contribution is 6.05. The molecule has 0 spiro atoms. The van der Waals surface area contributed by atoms with Crippen molar-refractivity contribution in [1.29, 1.82) is 0 Å². The van der Waals surface area contributed by atoms with Crippen molar-refractivity contribution in [3.63, 3.8) is 0 Å². The number of amides is 1. The molecule has 0 atom stereocenters. The van der Waals surface area contributed by atoms with Crippen molar-refractivity contribution in [1.82, 2.24) is 10.1 Å². The maximum absolute atomic E-state index is 12.2. The fourth-order valence-corrected chi connectivity index (χ4v) is 2.12. The molecular weight excluding hydrogens is 294 g/mol. The van der Waals surface area contributed by atoms with Gasteiger partial charge in [0.2, 0.25) is 0 Å². The van der Waals surface area contributed by atoms with E-state index in [4.69, 9.17) is 4.52 Å². The van der Waals surface area contributed by atoms with Crippen LogP contribution < -0.4 is 5.32 Å². The van der Waals surface area contributed by atoms with E-state index in [9.17, 15) is 9.90 Å².